The van der Waals surface area contributed by atoms with E-state index >= 15 is 0 Å². The summed E-state index contributed by atoms with van der Waals surface area (Å²) in [5.74, 6) is -1.45. The number of ether oxygens (including phenoxy) is 3. The number of allylic oxidation sites excluding steroid dienone is 2. The fraction of sp³-hybridized carbons (Fsp3) is 0.423. The number of aromatic hydroxyl groups is 2. The third-order valence-electron chi connectivity index (χ3n) is 6.40. The maximum Gasteiger partial charge on any atom is 0.229 e. The van der Waals surface area contributed by atoms with Crippen LogP contribution < -0.4 is 9.47 Å². The van der Waals surface area contributed by atoms with Crippen LogP contribution in [-0.4, -0.2) is 84.9 Å². The molecule has 7 N–H and O–H groups in total. The molecule has 11 heteroatoms. The fourth-order valence-corrected chi connectivity index (χ4v) is 4.32. The molecule has 0 bridgehead atoms. The summed E-state index contributed by atoms with van der Waals surface area (Å²) in [4.78, 5) is 13.1. The van der Waals surface area contributed by atoms with E-state index in [1.165, 1.54) is 24.3 Å². The number of carbonyl (C=O) groups is 1. The van der Waals surface area contributed by atoms with Crippen molar-refractivity contribution in [3.05, 3.63) is 58.7 Å². The molecule has 0 radical (unpaired) electrons. The van der Waals surface area contributed by atoms with E-state index in [2.05, 4.69) is 0 Å². The zero-order valence-electron chi connectivity index (χ0n) is 20.2. The van der Waals surface area contributed by atoms with E-state index in [4.69, 9.17) is 14.2 Å². The molecule has 0 saturated carbocycles. The molecule has 1 fully saturated rings. The van der Waals surface area contributed by atoms with Crippen molar-refractivity contribution in [2.24, 2.45) is 0 Å². The quantitative estimate of drug-likeness (QED) is 0.263. The Hall–Kier alpha value is -3.19. The Kier molecular flexibility index (Phi) is 7.74. The first kappa shape index (κ1) is 26.9. The second kappa shape index (κ2) is 10.7. The topological polar surface area (TPSA) is 186 Å². The Labute approximate surface area is 212 Å². The van der Waals surface area contributed by atoms with E-state index in [-0.39, 0.29) is 34.8 Å². The molecule has 0 aromatic heterocycles. The molecule has 0 aliphatic carbocycles. The van der Waals surface area contributed by atoms with Gasteiger partial charge in [0.1, 0.15) is 53.0 Å². The van der Waals surface area contributed by atoms with Crippen molar-refractivity contribution in [2.75, 3.05) is 6.61 Å². The highest BCUT2D eigenvalue weighted by Crippen LogP contribution is 2.46. The van der Waals surface area contributed by atoms with Gasteiger partial charge in [0.2, 0.25) is 12.1 Å². The molecule has 2 aliphatic rings. The lowest BCUT2D eigenvalue weighted by Gasteiger charge is -2.40. The van der Waals surface area contributed by atoms with Crippen LogP contribution in [0.1, 0.15) is 41.4 Å². The van der Waals surface area contributed by atoms with Crippen LogP contribution in [0.3, 0.4) is 0 Å². The summed E-state index contributed by atoms with van der Waals surface area (Å²) in [6.45, 7) is 3.04. The molecule has 1 saturated heterocycles. The van der Waals surface area contributed by atoms with Crippen LogP contribution in [0, 0.1) is 0 Å². The minimum absolute atomic E-state index is 0.0158. The highest BCUT2D eigenvalue weighted by atomic mass is 16.7. The van der Waals surface area contributed by atoms with E-state index in [0.717, 1.165) is 11.6 Å². The molecule has 2 aromatic carbocycles. The number of rotatable bonds is 6. The zero-order valence-corrected chi connectivity index (χ0v) is 20.2. The lowest BCUT2D eigenvalue weighted by atomic mass is 9.90. The molecule has 11 nitrogen and oxygen atoms in total. The number of Topliss-reactive ketones (excluding diaryl/α,β-unsaturated/α-hetero) is 1. The third-order valence-corrected chi connectivity index (χ3v) is 6.40. The summed E-state index contributed by atoms with van der Waals surface area (Å²) in [6.07, 6.45) is -8.58. The SMILES string of the molecule is CC(C)=CCc1c(OC2O[C@H](CO)C(O)C(O)C2O)cc(O)c2c1OC(c1ccc(O)cc1)[C@@H](O)C2=O. The zero-order chi connectivity index (χ0) is 27.0. The molecule has 37 heavy (non-hydrogen) atoms. The van der Waals surface area contributed by atoms with Gasteiger partial charge < -0.3 is 50.0 Å². The van der Waals surface area contributed by atoms with Crippen LogP contribution in [0.5, 0.6) is 23.0 Å². The Morgan fingerprint density at radius 3 is 2.32 bits per heavy atom. The van der Waals surface area contributed by atoms with Gasteiger partial charge in [0, 0.05) is 11.6 Å². The van der Waals surface area contributed by atoms with Gasteiger partial charge >= 0.3 is 0 Å². The maximum atomic E-state index is 13.1. The average molecular weight is 519 g/mol. The van der Waals surface area contributed by atoms with Crippen LogP contribution in [0.25, 0.3) is 0 Å². The number of phenolic OH excluding ortho intramolecular Hbond substituents is 2. The van der Waals surface area contributed by atoms with Gasteiger partial charge in [-0.25, -0.2) is 0 Å². The molecular weight excluding hydrogens is 488 g/mol. The smallest absolute Gasteiger partial charge is 0.229 e. The molecule has 2 aromatic rings. The summed E-state index contributed by atoms with van der Waals surface area (Å²) in [6, 6.07) is 6.86. The summed E-state index contributed by atoms with van der Waals surface area (Å²) >= 11 is 0. The normalized spacial score (nSPS) is 29.3. The van der Waals surface area contributed by atoms with Crippen LogP contribution in [0.15, 0.2) is 42.0 Å². The highest BCUT2D eigenvalue weighted by molar-refractivity contribution is 6.06. The summed E-state index contributed by atoms with van der Waals surface area (Å²) in [5, 5.41) is 71.2. The van der Waals surface area contributed by atoms with Crippen molar-refractivity contribution in [2.45, 2.75) is 63.2 Å². The van der Waals surface area contributed by atoms with Crippen molar-refractivity contribution >= 4 is 5.78 Å². The number of hydrogen-bond acceptors (Lipinski definition) is 11. The van der Waals surface area contributed by atoms with Gasteiger partial charge in [-0.3, -0.25) is 4.79 Å². The standard InChI is InChI=1S/C26H30O11/c1-11(2)3-8-14-16(35-26-23(34)21(32)19(30)17(10-27)36-26)9-15(29)18-20(31)22(33)24(37-25(14)18)12-4-6-13(28)7-5-12/h3-7,9,17,19,21-24,26-30,32-34H,8,10H2,1-2H3/t17-,19?,21?,22+,23?,24?,26?/m1/s1. The second-order valence-corrected chi connectivity index (χ2v) is 9.32. The highest BCUT2D eigenvalue weighted by Gasteiger charge is 2.46. The summed E-state index contributed by atoms with van der Waals surface area (Å²) < 4.78 is 17.3. The van der Waals surface area contributed by atoms with Gasteiger partial charge in [0.15, 0.2) is 12.2 Å². The Balaban J connectivity index is 1.79. The van der Waals surface area contributed by atoms with Gasteiger partial charge in [-0.15, -0.1) is 0 Å². The van der Waals surface area contributed by atoms with E-state index in [1.807, 2.05) is 13.8 Å². The van der Waals surface area contributed by atoms with Crippen LogP contribution in [0.2, 0.25) is 0 Å². The number of phenols is 2. The average Bonchev–Trinajstić information content (AvgIpc) is 2.86. The minimum atomic E-state index is -1.71. The fourth-order valence-electron chi connectivity index (χ4n) is 4.32. The van der Waals surface area contributed by atoms with Gasteiger partial charge in [0.25, 0.3) is 0 Å². The molecule has 7 atom stereocenters. The van der Waals surface area contributed by atoms with E-state index in [1.54, 1.807) is 6.08 Å². The lowest BCUT2D eigenvalue weighted by molar-refractivity contribution is -0.277. The molecule has 200 valence electrons. The van der Waals surface area contributed by atoms with Gasteiger partial charge in [-0.1, -0.05) is 23.8 Å². The number of aliphatic hydroxyl groups excluding tert-OH is 5. The summed E-state index contributed by atoms with van der Waals surface area (Å²) in [7, 11) is 0. The van der Waals surface area contributed by atoms with Gasteiger partial charge in [-0.05, 0) is 38.0 Å². The first-order valence-corrected chi connectivity index (χ1v) is 11.7. The number of benzene rings is 2. The molecule has 2 aliphatic heterocycles. The second-order valence-electron chi connectivity index (χ2n) is 9.32. The van der Waals surface area contributed by atoms with Crippen molar-refractivity contribution in [3.8, 4) is 23.0 Å². The maximum absolute atomic E-state index is 13.1. The van der Waals surface area contributed by atoms with Crippen LogP contribution in [-0.2, 0) is 11.2 Å². The monoisotopic (exact) mass is 518 g/mol. The van der Waals surface area contributed by atoms with Crippen molar-refractivity contribution in [1.82, 2.24) is 0 Å². The number of ketones is 1. The Morgan fingerprint density at radius 2 is 1.70 bits per heavy atom. The minimum Gasteiger partial charge on any atom is -0.508 e. The molecular formula is C26H30O11. The Bertz CT molecular complexity index is 1170. The Morgan fingerprint density at radius 1 is 1.03 bits per heavy atom. The number of hydrogen-bond donors (Lipinski definition) is 7. The van der Waals surface area contributed by atoms with E-state index in [0.29, 0.717) is 5.56 Å². The largest absolute Gasteiger partial charge is 0.508 e. The first-order chi connectivity index (χ1) is 17.5. The number of aliphatic hydroxyl groups is 5. The number of carbonyl (C=O) groups excluding carboxylic acids is 1. The van der Waals surface area contributed by atoms with Gasteiger partial charge in [-0.2, -0.15) is 0 Å². The lowest BCUT2D eigenvalue weighted by Crippen LogP contribution is -2.60. The molecule has 5 unspecified atom stereocenters. The van der Waals surface area contributed by atoms with Crippen molar-refractivity contribution in [3.63, 3.8) is 0 Å². The van der Waals surface area contributed by atoms with E-state index in [9.17, 15) is 40.5 Å². The predicted octanol–water partition coefficient (Wildman–Crippen LogP) is 0.462. The molecule has 2 heterocycles. The molecule has 0 amide bonds. The van der Waals surface area contributed by atoms with E-state index < -0.39 is 61.1 Å². The summed E-state index contributed by atoms with van der Waals surface area (Å²) in [5.41, 5.74) is 1.35. The molecule has 0 spiro atoms. The number of fused-ring (bicyclic) bond motifs is 1. The first-order valence-electron chi connectivity index (χ1n) is 11.7. The van der Waals surface area contributed by atoms with Crippen molar-refractivity contribution < 1.29 is 54.8 Å². The predicted molar refractivity (Wildman–Crippen MR) is 127 cm³/mol. The van der Waals surface area contributed by atoms with Crippen molar-refractivity contribution in [1.29, 1.82) is 0 Å². The van der Waals surface area contributed by atoms with Crippen LogP contribution in [0.4, 0.5) is 0 Å². The molecule has 4 rings (SSSR count). The third kappa shape index (κ3) is 5.14. The van der Waals surface area contributed by atoms with Crippen LogP contribution >= 0.6 is 0 Å². The van der Waals surface area contributed by atoms with Gasteiger partial charge in [0.05, 0.1) is 6.61 Å².